The highest BCUT2D eigenvalue weighted by atomic mass is 35.5. The van der Waals surface area contributed by atoms with Crippen molar-refractivity contribution in [1.82, 2.24) is 15.1 Å². The average Bonchev–Trinajstić information content (AvgIpc) is 3.17. The molecule has 30 heavy (non-hydrogen) atoms. The number of hydrogen-bond acceptors (Lipinski definition) is 5. The summed E-state index contributed by atoms with van der Waals surface area (Å²) in [5.74, 6) is 1.03. The van der Waals surface area contributed by atoms with Gasteiger partial charge in [0.2, 0.25) is 5.91 Å². The van der Waals surface area contributed by atoms with E-state index in [0.717, 1.165) is 68.8 Å². The van der Waals surface area contributed by atoms with Gasteiger partial charge in [0.25, 0.3) is 0 Å². The van der Waals surface area contributed by atoms with Gasteiger partial charge in [0.05, 0.1) is 13.2 Å². The maximum atomic E-state index is 12.7. The summed E-state index contributed by atoms with van der Waals surface area (Å²) < 4.78 is 11.6. The lowest BCUT2D eigenvalue weighted by atomic mass is 9.94. The number of rotatable bonds is 6. The predicted molar refractivity (Wildman–Crippen MR) is 118 cm³/mol. The van der Waals surface area contributed by atoms with Gasteiger partial charge in [-0.15, -0.1) is 0 Å². The molecule has 6 nitrogen and oxygen atoms in total. The molecule has 166 valence electrons. The van der Waals surface area contributed by atoms with Crippen LogP contribution >= 0.6 is 11.6 Å². The zero-order valence-corrected chi connectivity index (χ0v) is 18.8. The first-order chi connectivity index (χ1) is 14.5. The number of nitrogens with one attached hydrogen (secondary N) is 1. The van der Waals surface area contributed by atoms with E-state index in [1.54, 1.807) is 0 Å². The zero-order valence-electron chi connectivity index (χ0n) is 18.0. The zero-order chi connectivity index (χ0) is 21.0. The Labute approximate surface area is 184 Å². The molecule has 4 rings (SSSR count). The molecule has 1 unspecified atom stereocenters. The average molecular weight is 436 g/mol. The molecule has 7 heteroatoms. The topological polar surface area (TPSA) is 54.0 Å². The van der Waals surface area contributed by atoms with Crippen LogP contribution in [0.5, 0.6) is 5.75 Å². The summed E-state index contributed by atoms with van der Waals surface area (Å²) in [4.78, 5) is 17.5. The number of carbonyl (C=O) groups is 1. The Kier molecular flexibility index (Phi) is 7.19. The summed E-state index contributed by atoms with van der Waals surface area (Å²) in [7, 11) is 0. The number of halogens is 1. The van der Waals surface area contributed by atoms with E-state index in [2.05, 4.69) is 22.0 Å². The minimum atomic E-state index is 0.0820. The second-order valence-corrected chi connectivity index (χ2v) is 9.41. The summed E-state index contributed by atoms with van der Waals surface area (Å²) in [6, 6.07) is 5.77. The monoisotopic (exact) mass is 435 g/mol. The summed E-state index contributed by atoms with van der Waals surface area (Å²) in [6.45, 7) is 8.66. The van der Waals surface area contributed by atoms with Crippen molar-refractivity contribution in [2.45, 2.75) is 57.2 Å². The van der Waals surface area contributed by atoms with Crippen LogP contribution in [0, 0.1) is 0 Å². The standard InChI is InChI=1S/C23H34ClN3O3/c1-18-15-26(16-19-14-20(24)4-5-21(19)30-18)9-6-22(28)25-17-23(7-2-3-8-23)27-10-12-29-13-11-27/h4-5,14,18H,2-3,6-13,15-17H2,1H3,(H,25,28). The molecule has 0 radical (unpaired) electrons. The third-order valence-electron chi connectivity index (χ3n) is 6.75. The number of benzene rings is 1. The van der Waals surface area contributed by atoms with Gasteiger partial charge >= 0.3 is 0 Å². The molecule has 2 aliphatic heterocycles. The van der Waals surface area contributed by atoms with E-state index in [0.29, 0.717) is 6.42 Å². The molecule has 0 spiro atoms. The van der Waals surface area contributed by atoms with Crippen LogP contribution in [0.3, 0.4) is 0 Å². The lowest BCUT2D eigenvalue weighted by molar-refractivity contribution is -0.122. The Bertz CT molecular complexity index is 732. The molecule has 0 bridgehead atoms. The van der Waals surface area contributed by atoms with E-state index >= 15 is 0 Å². The van der Waals surface area contributed by atoms with Crippen LogP contribution in [0.2, 0.25) is 5.02 Å². The van der Waals surface area contributed by atoms with Gasteiger partial charge < -0.3 is 14.8 Å². The van der Waals surface area contributed by atoms with Crippen LogP contribution in [0.15, 0.2) is 18.2 Å². The molecule has 1 saturated carbocycles. The first-order valence-electron chi connectivity index (χ1n) is 11.3. The first kappa shape index (κ1) is 21.9. The highest BCUT2D eigenvalue weighted by Gasteiger charge is 2.40. The Hall–Kier alpha value is -1.34. The lowest BCUT2D eigenvalue weighted by Gasteiger charge is -2.43. The van der Waals surface area contributed by atoms with Crippen LogP contribution in [-0.2, 0) is 16.1 Å². The molecule has 1 aromatic rings. The van der Waals surface area contributed by atoms with E-state index in [-0.39, 0.29) is 17.6 Å². The molecule has 1 aliphatic carbocycles. The molecule has 1 amide bonds. The maximum absolute atomic E-state index is 12.7. The maximum Gasteiger partial charge on any atom is 0.221 e. The number of hydrogen-bond donors (Lipinski definition) is 1. The van der Waals surface area contributed by atoms with E-state index < -0.39 is 0 Å². The molecular weight excluding hydrogens is 402 g/mol. The Morgan fingerprint density at radius 3 is 2.80 bits per heavy atom. The second-order valence-electron chi connectivity index (χ2n) is 8.97. The largest absolute Gasteiger partial charge is 0.489 e. The molecule has 1 saturated heterocycles. The van der Waals surface area contributed by atoms with Gasteiger partial charge in [0, 0.05) is 61.8 Å². The van der Waals surface area contributed by atoms with Crippen LogP contribution in [0.1, 0.15) is 44.6 Å². The van der Waals surface area contributed by atoms with Crippen molar-refractivity contribution in [3.05, 3.63) is 28.8 Å². The van der Waals surface area contributed by atoms with Crippen molar-refractivity contribution < 1.29 is 14.3 Å². The van der Waals surface area contributed by atoms with Crippen LogP contribution in [0.25, 0.3) is 0 Å². The summed E-state index contributed by atoms with van der Waals surface area (Å²) in [5, 5.41) is 3.97. The van der Waals surface area contributed by atoms with Crippen molar-refractivity contribution in [3.8, 4) is 5.75 Å². The number of nitrogens with zero attached hydrogens (tertiary/aromatic N) is 2. The first-order valence-corrected chi connectivity index (χ1v) is 11.7. The summed E-state index contributed by atoms with van der Waals surface area (Å²) >= 11 is 6.17. The van der Waals surface area contributed by atoms with E-state index in [1.807, 2.05) is 18.2 Å². The van der Waals surface area contributed by atoms with Crippen molar-refractivity contribution in [2.24, 2.45) is 0 Å². The van der Waals surface area contributed by atoms with Gasteiger partial charge in [0.1, 0.15) is 11.9 Å². The van der Waals surface area contributed by atoms with Gasteiger partial charge in [0.15, 0.2) is 0 Å². The van der Waals surface area contributed by atoms with Gasteiger partial charge in [-0.1, -0.05) is 24.4 Å². The molecule has 0 aromatic heterocycles. The van der Waals surface area contributed by atoms with Gasteiger partial charge in [-0.2, -0.15) is 0 Å². The highest BCUT2D eigenvalue weighted by Crippen LogP contribution is 2.35. The normalized spacial score (nSPS) is 24.7. The van der Waals surface area contributed by atoms with E-state index in [1.165, 1.54) is 25.7 Å². The molecular formula is C23H34ClN3O3. The fourth-order valence-corrected chi connectivity index (χ4v) is 5.36. The smallest absolute Gasteiger partial charge is 0.221 e. The van der Waals surface area contributed by atoms with Crippen LogP contribution in [0.4, 0.5) is 0 Å². The van der Waals surface area contributed by atoms with Crippen LogP contribution in [-0.4, -0.2) is 73.3 Å². The molecule has 2 heterocycles. The molecule has 1 aromatic carbocycles. The summed E-state index contributed by atoms with van der Waals surface area (Å²) in [5.41, 5.74) is 1.21. The quantitative estimate of drug-likeness (QED) is 0.744. The predicted octanol–water partition coefficient (Wildman–Crippen LogP) is 3.07. The molecule has 2 fully saturated rings. The second kappa shape index (κ2) is 9.86. The third-order valence-corrected chi connectivity index (χ3v) is 6.98. The summed E-state index contributed by atoms with van der Waals surface area (Å²) in [6.07, 6.45) is 5.43. The minimum absolute atomic E-state index is 0.0820. The lowest BCUT2D eigenvalue weighted by Crippen LogP contribution is -2.57. The number of ether oxygens (including phenoxy) is 2. The van der Waals surface area contributed by atoms with Gasteiger partial charge in [-0.05, 0) is 38.0 Å². The minimum Gasteiger partial charge on any atom is -0.489 e. The van der Waals surface area contributed by atoms with Crippen molar-refractivity contribution in [3.63, 3.8) is 0 Å². The Balaban J connectivity index is 1.30. The third kappa shape index (κ3) is 5.28. The molecule has 1 N–H and O–H groups in total. The van der Waals surface area contributed by atoms with Crippen molar-refractivity contribution in [1.29, 1.82) is 0 Å². The number of fused-ring (bicyclic) bond motifs is 1. The van der Waals surface area contributed by atoms with E-state index in [9.17, 15) is 4.79 Å². The number of morpholine rings is 1. The van der Waals surface area contributed by atoms with Crippen molar-refractivity contribution >= 4 is 17.5 Å². The SMILES string of the molecule is CC1CN(CCC(=O)NCC2(N3CCOCC3)CCCC2)Cc2cc(Cl)ccc2O1. The number of carbonyl (C=O) groups excluding carboxylic acids is 1. The fraction of sp³-hybridized carbons (Fsp3) is 0.696. The fourth-order valence-electron chi connectivity index (χ4n) is 5.17. The van der Waals surface area contributed by atoms with Gasteiger partial charge in [-0.25, -0.2) is 0 Å². The Morgan fingerprint density at radius 1 is 1.27 bits per heavy atom. The van der Waals surface area contributed by atoms with Crippen LogP contribution < -0.4 is 10.1 Å². The van der Waals surface area contributed by atoms with Crippen molar-refractivity contribution in [2.75, 3.05) is 45.9 Å². The highest BCUT2D eigenvalue weighted by molar-refractivity contribution is 6.30. The molecule has 1 atom stereocenters. The molecule has 3 aliphatic rings. The Morgan fingerprint density at radius 2 is 2.03 bits per heavy atom. The van der Waals surface area contributed by atoms with E-state index in [4.69, 9.17) is 21.1 Å². The number of amides is 1. The van der Waals surface area contributed by atoms with Gasteiger partial charge in [-0.3, -0.25) is 14.6 Å².